The van der Waals surface area contributed by atoms with Crippen LogP contribution in [-0.4, -0.2) is 29.3 Å². The lowest BCUT2D eigenvalue weighted by Gasteiger charge is -2.25. The molecule has 1 aliphatic heterocycles. The number of rotatable bonds is 4. The lowest BCUT2D eigenvalue weighted by atomic mass is 9.88. The van der Waals surface area contributed by atoms with E-state index in [1.165, 1.54) is 6.07 Å². The minimum atomic E-state index is -4.41. The summed E-state index contributed by atoms with van der Waals surface area (Å²) < 4.78 is 44.4. The summed E-state index contributed by atoms with van der Waals surface area (Å²) in [4.78, 5) is 13.5. The van der Waals surface area contributed by atoms with E-state index in [0.717, 1.165) is 35.3 Å². The highest BCUT2D eigenvalue weighted by molar-refractivity contribution is 5.65. The molecular formula is C25H23F3N6. The molecule has 1 atom stereocenters. The molecule has 0 radical (unpaired) electrons. The van der Waals surface area contributed by atoms with Gasteiger partial charge in [0.05, 0.1) is 34.7 Å². The van der Waals surface area contributed by atoms with Gasteiger partial charge in [-0.05, 0) is 62.6 Å². The fourth-order valence-corrected chi connectivity index (χ4v) is 4.44. The number of nitrogens with zero attached hydrogens (tertiary/aromatic N) is 6. The van der Waals surface area contributed by atoms with Crippen molar-refractivity contribution >= 4 is 12.2 Å². The third-order valence-electron chi connectivity index (χ3n) is 6.01. The van der Waals surface area contributed by atoms with Crippen LogP contribution in [0.5, 0.6) is 0 Å². The van der Waals surface area contributed by atoms with Crippen LogP contribution < -0.4 is 0 Å². The molecule has 0 spiro atoms. The van der Waals surface area contributed by atoms with Crippen molar-refractivity contribution in [1.82, 2.24) is 29.3 Å². The van der Waals surface area contributed by atoms with Crippen LogP contribution in [0.15, 0.2) is 48.9 Å². The number of hydrogen-bond acceptors (Lipinski definition) is 4. The van der Waals surface area contributed by atoms with Gasteiger partial charge in [0.15, 0.2) is 5.82 Å². The minimum Gasteiger partial charge on any atom is -0.304 e. The van der Waals surface area contributed by atoms with Crippen LogP contribution in [0.1, 0.15) is 58.6 Å². The van der Waals surface area contributed by atoms with E-state index in [1.807, 2.05) is 42.8 Å². The molecular weight excluding hydrogens is 441 g/mol. The molecule has 0 fully saturated rings. The molecule has 1 aromatic carbocycles. The topological polar surface area (TPSA) is 61.4 Å². The molecule has 0 amide bonds. The number of hydrogen-bond donors (Lipinski definition) is 0. The molecule has 0 bridgehead atoms. The predicted molar refractivity (Wildman–Crippen MR) is 122 cm³/mol. The van der Waals surface area contributed by atoms with E-state index in [0.29, 0.717) is 24.6 Å². The molecule has 9 heteroatoms. The summed E-state index contributed by atoms with van der Waals surface area (Å²) >= 11 is 0. The Hall–Kier alpha value is -3.75. The molecule has 6 nitrogen and oxygen atoms in total. The van der Waals surface area contributed by atoms with Gasteiger partial charge in [-0.15, -0.1) is 0 Å². The Labute approximate surface area is 194 Å². The van der Waals surface area contributed by atoms with Crippen LogP contribution in [-0.2, 0) is 12.7 Å². The van der Waals surface area contributed by atoms with E-state index in [4.69, 9.17) is 0 Å². The Morgan fingerprint density at radius 3 is 2.59 bits per heavy atom. The second kappa shape index (κ2) is 8.55. The van der Waals surface area contributed by atoms with Crippen molar-refractivity contribution in [3.8, 4) is 5.69 Å². The number of halogens is 3. The van der Waals surface area contributed by atoms with E-state index in [9.17, 15) is 13.2 Å². The molecule has 0 saturated heterocycles. The van der Waals surface area contributed by atoms with Crippen molar-refractivity contribution in [2.75, 3.05) is 0 Å². The van der Waals surface area contributed by atoms with Crippen molar-refractivity contribution in [3.63, 3.8) is 0 Å². The molecule has 4 heterocycles. The van der Waals surface area contributed by atoms with Crippen LogP contribution in [0.4, 0.5) is 13.2 Å². The van der Waals surface area contributed by atoms with Gasteiger partial charge in [-0.25, -0.2) is 14.6 Å². The Kier molecular flexibility index (Phi) is 5.55. The van der Waals surface area contributed by atoms with Gasteiger partial charge < -0.3 is 4.57 Å². The number of aromatic nitrogens is 6. The largest absolute Gasteiger partial charge is 0.416 e. The van der Waals surface area contributed by atoms with E-state index in [-0.39, 0.29) is 5.56 Å². The summed E-state index contributed by atoms with van der Waals surface area (Å²) in [6.07, 6.45) is 4.19. The summed E-state index contributed by atoms with van der Waals surface area (Å²) in [5.74, 6) is 0.581. The molecule has 5 rings (SSSR count). The first-order valence-corrected chi connectivity index (χ1v) is 11.1. The lowest BCUT2D eigenvalue weighted by Crippen LogP contribution is -2.21. The second-order valence-corrected chi connectivity index (χ2v) is 8.43. The van der Waals surface area contributed by atoms with Crippen LogP contribution >= 0.6 is 0 Å². The van der Waals surface area contributed by atoms with Gasteiger partial charge in [-0.1, -0.05) is 18.2 Å². The van der Waals surface area contributed by atoms with E-state index < -0.39 is 17.7 Å². The average Bonchev–Trinajstić information content (AvgIpc) is 3.43. The normalized spacial score (nSPS) is 16.2. The maximum atomic E-state index is 13.6. The minimum absolute atomic E-state index is 0.251. The number of imidazole rings is 1. The highest BCUT2D eigenvalue weighted by Gasteiger charge is 2.37. The summed E-state index contributed by atoms with van der Waals surface area (Å²) in [5.41, 5.74) is 3.10. The molecule has 1 aliphatic rings. The predicted octanol–water partition coefficient (Wildman–Crippen LogP) is 5.59. The molecule has 34 heavy (non-hydrogen) atoms. The third-order valence-corrected chi connectivity index (χ3v) is 6.01. The number of aryl methyl sites for hydroxylation is 3. The van der Waals surface area contributed by atoms with Gasteiger partial charge in [0.2, 0.25) is 0 Å². The van der Waals surface area contributed by atoms with E-state index >= 15 is 0 Å². The van der Waals surface area contributed by atoms with Crippen LogP contribution in [0.3, 0.4) is 0 Å². The maximum absolute atomic E-state index is 13.6. The fraction of sp³-hybridized carbons (Fsp3) is 0.280. The molecule has 174 valence electrons. The Morgan fingerprint density at radius 2 is 1.85 bits per heavy atom. The van der Waals surface area contributed by atoms with Crippen molar-refractivity contribution < 1.29 is 13.2 Å². The van der Waals surface area contributed by atoms with Gasteiger partial charge >= 0.3 is 6.18 Å². The molecule has 4 aromatic rings. The van der Waals surface area contributed by atoms with Crippen LogP contribution in [0, 0.1) is 13.8 Å². The maximum Gasteiger partial charge on any atom is 0.416 e. The van der Waals surface area contributed by atoms with Crippen LogP contribution in [0.25, 0.3) is 17.8 Å². The zero-order valence-corrected chi connectivity index (χ0v) is 18.8. The molecule has 3 aromatic heterocycles. The van der Waals surface area contributed by atoms with Gasteiger partial charge in [-0.2, -0.15) is 18.3 Å². The molecule has 0 N–H and O–H groups in total. The smallest absolute Gasteiger partial charge is 0.304 e. The lowest BCUT2D eigenvalue weighted by molar-refractivity contribution is -0.138. The van der Waals surface area contributed by atoms with Gasteiger partial charge in [0.1, 0.15) is 5.82 Å². The quantitative estimate of drug-likeness (QED) is 0.395. The van der Waals surface area contributed by atoms with Gasteiger partial charge in [0.25, 0.3) is 0 Å². The summed E-state index contributed by atoms with van der Waals surface area (Å²) in [6, 6.07) is 9.61. The zero-order chi connectivity index (χ0) is 23.9. The summed E-state index contributed by atoms with van der Waals surface area (Å²) in [6.45, 7) is 4.50. The highest BCUT2D eigenvalue weighted by Crippen LogP contribution is 2.40. The number of benzene rings is 1. The van der Waals surface area contributed by atoms with E-state index in [2.05, 4.69) is 20.1 Å². The Bertz CT molecular complexity index is 1370. The number of alkyl halides is 3. The van der Waals surface area contributed by atoms with Crippen molar-refractivity contribution in [1.29, 1.82) is 0 Å². The first kappa shape index (κ1) is 22.1. The Morgan fingerprint density at radius 1 is 1.03 bits per heavy atom. The first-order chi connectivity index (χ1) is 16.3. The molecule has 1 unspecified atom stereocenters. The van der Waals surface area contributed by atoms with Crippen molar-refractivity contribution in [2.45, 2.75) is 45.3 Å². The SMILES string of the molecule is Cc1cn(-c2ccc(C=Cc3nc4n(n3)CCCC4c3ccccc3C(F)(F)F)nc2C)cn1. The van der Waals surface area contributed by atoms with Gasteiger partial charge in [-0.3, -0.25) is 4.98 Å². The zero-order valence-electron chi connectivity index (χ0n) is 18.8. The standard InChI is InChI=1S/C25H23F3N6/c1-16-14-33(15-29-16)22-11-9-18(30-17(22)2)10-12-23-31-24-20(7-5-13-34(24)32-23)19-6-3-4-8-21(19)25(26,27)28/h3-4,6,8-12,14-15,20H,5,7,13H2,1-2H3. The highest BCUT2D eigenvalue weighted by atomic mass is 19.4. The van der Waals surface area contributed by atoms with E-state index in [1.54, 1.807) is 29.2 Å². The summed E-state index contributed by atoms with van der Waals surface area (Å²) in [5, 5.41) is 4.52. The third kappa shape index (κ3) is 4.25. The fourth-order valence-electron chi connectivity index (χ4n) is 4.44. The Balaban J connectivity index is 1.42. The second-order valence-electron chi connectivity index (χ2n) is 8.43. The average molecular weight is 464 g/mol. The number of fused-ring (bicyclic) bond motifs is 1. The first-order valence-electron chi connectivity index (χ1n) is 11.1. The van der Waals surface area contributed by atoms with Crippen LogP contribution in [0.2, 0.25) is 0 Å². The molecule has 0 aliphatic carbocycles. The van der Waals surface area contributed by atoms with Crippen molar-refractivity contribution in [2.24, 2.45) is 0 Å². The summed E-state index contributed by atoms with van der Waals surface area (Å²) in [7, 11) is 0. The van der Waals surface area contributed by atoms with Gasteiger partial charge in [0, 0.05) is 18.7 Å². The molecule has 0 saturated carbocycles. The van der Waals surface area contributed by atoms with Crippen molar-refractivity contribution in [3.05, 3.63) is 88.8 Å². The monoisotopic (exact) mass is 464 g/mol. The number of pyridine rings is 1.